The third-order valence-electron chi connectivity index (χ3n) is 6.77. The van der Waals surface area contributed by atoms with Crippen LogP contribution in [0.15, 0.2) is 90.1 Å². The molecule has 0 fully saturated rings. The summed E-state index contributed by atoms with van der Waals surface area (Å²) in [5.74, 6) is -0.295. The van der Waals surface area contributed by atoms with Gasteiger partial charge in [0.05, 0.1) is 13.0 Å². The number of benzene rings is 3. The number of aromatic nitrogens is 1. The van der Waals surface area contributed by atoms with Crippen molar-refractivity contribution >= 4 is 28.7 Å². The van der Waals surface area contributed by atoms with Crippen molar-refractivity contribution in [1.82, 2.24) is 15.6 Å². The van der Waals surface area contributed by atoms with Gasteiger partial charge in [-0.1, -0.05) is 60.7 Å². The van der Waals surface area contributed by atoms with Crippen LogP contribution >= 0.6 is 0 Å². The molecule has 9 heteroatoms. The fourth-order valence-electron chi connectivity index (χ4n) is 4.75. The van der Waals surface area contributed by atoms with E-state index in [9.17, 15) is 9.59 Å². The predicted octanol–water partition coefficient (Wildman–Crippen LogP) is 3.21. The fourth-order valence-corrected chi connectivity index (χ4v) is 4.75. The van der Waals surface area contributed by atoms with Crippen LogP contribution in [0.5, 0.6) is 5.75 Å². The molecule has 0 saturated heterocycles. The lowest BCUT2D eigenvalue weighted by atomic mass is 9.90. The van der Waals surface area contributed by atoms with Crippen molar-refractivity contribution in [3.63, 3.8) is 0 Å². The zero-order valence-electron chi connectivity index (χ0n) is 22.6. The van der Waals surface area contributed by atoms with Crippen LogP contribution in [-0.2, 0) is 16.0 Å². The molecular formula is C31H36N6O3. The van der Waals surface area contributed by atoms with Gasteiger partial charge < -0.3 is 31.8 Å². The average Bonchev–Trinajstić information content (AvgIpc) is 3.37. The van der Waals surface area contributed by atoms with Gasteiger partial charge in [0.15, 0.2) is 5.96 Å². The number of nitrogens with one attached hydrogen (secondary N) is 3. The van der Waals surface area contributed by atoms with E-state index in [0.29, 0.717) is 32.4 Å². The lowest BCUT2D eigenvalue weighted by molar-refractivity contribution is -0.129. The minimum atomic E-state index is -0.750. The number of hydrogen-bond donors (Lipinski definition) is 5. The second-order valence-electron chi connectivity index (χ2n) is 9.53. The number of carbonyl (C=O) groups excluding carboxylic acids is 2. The van der Waals surface area contributed by atoms with Crippen LogP contribution in [0, 0.1) is 0 Å². The van der Waals surface area contributed by atoms with Crippen LogP contribution in [0.2, 0.25) is 0 Å². The van der Waals surface area contributed by atoms with Crippen LogP contribution in [0.25, 0.3) is 10.9 Å². The van der Waals surface area contributed by atoms with E-state index in [1.54, 1.807) is 7.11 Å². The zero-order chi connectivity index (χ0) is 28.3. The highest BCUT2D eigenvalue weighted by Gasteiger charge is 2.27. The summed E-state index contributed by atoms with van der Waals surface area (Å²) < 4.78 is 5.35. The zero-order valence-corrected chi connectivity index (χ0v) is 22.6. The van der Waals surface area contributed by atoms with E-state index in [-0.39, 0.29) is 17.8 Å². The van der Waals surface area contributed by atoms with E-state index >= 15 is 0 Å². The Balaban J connectivity index is 1.47. The van der Waals surface area contributed by atoms with E-state index in [1.165, 1.54) is 0 Å². The minimum Gasteiger partial charge on any atom is -0.497 e. The van der Waals surface area contributed by atoms with E-state index < -0.39 is 12.0 Å². The van der Waals surface area contributed by atoms with Gasteiger partial charge in [-0.15, -0.1) is 0 Å². The van der Waals surface area contributed by atoms with E-state index in [2.05, 4.69) is 20.6 Å². The Hall–Kier alpha value is -4.79. The molecule has 9 nitrogen and oxygen atoms in total. The molecule has 2 amide bonds. The molecule has 7 N–H and O–H groups in total. The highest BCUT2D eigenvalue weighted by atomic mass is 16.5. The van der Waals surface area contributed by atoms with Crippen molar-refractivity contribution in [3.05, 3.63) is 102 Å². The van der Waals surface area contributed by atoms with Crippen molar-refractivity contribution in [2.75, 3.05) is 20.2 Å². The number of carbonyl (C=O) groups is 2. The van der Waals surface area contributed by atoms with Crippen molar-refractivity contribution in [2.24, 2.45) is 16.5 Å². The van der Waals surface area contributed by atoms with Crippen LogP contribution < -0.4 is 26.8 Å². The Morgan fingerprint density at radius 2 is 1.62 bits per heavy atom. The molecule has 0 bridgehead atoms. The quantitative estimate of drug-likeness (QED) is 0.100. The Labute approximate surface area is 234 Å². The summed E-state index contributed by atoms with van der Waals surface area (Å²) >= 11 is 0. The maximum absolute atomic E-state index is 13.7. The third-order valence-corrected chi connectivity index (χ3v) is 6.77. The van der Waals surface area contributed by atoms with Gasteiger partial charge >= 0.3 is 0 Å². The van der Waals surface area contributed by atoms with E-state index in [1.807, 2.05) is 85.1 Å². The first kappa shape index (κ1) is 28.2. The highest BCUT2D eigenvalue weighted by Crippen LogP contribution is 2.26. The van der Waals surface area contributed by atoms with Gasteiger partial charge in [0.2, 0.25) is 11.8 Å². The maximum atomic E-state index is 13.7. The molecule has 0 aliphatic heterocycles. The Bertz CT molecular complexity index is 1390. The predicted molar refractivity (Wildman–Crippen MR) is 158 cm³/mol. The number of hydrogen-bond acceptors (Lipinski definition) is 4. The normalized spacial score (nSPS) is 11.7. The molecule has 3 aromatic carbocycles. The summed E-state index contributed by atoms with van der Waals surface area (Å²) in [6.07, 6.45) is 3.47. The number of nitrogens with zero attached hydrogens (tertiary/aromatic N) is 1. The SMILES string of the molecule is COc1ccc2[nH]cc(CCNC(=O)[C@H](CCCN=C(N)N)NC(=O)C(c3ccccc3)c3ccccc3)c2c1. The van der Waals surface area contributed by atoms with E-state index in [0.717, 1.165) is 33.3 Å². The topological polar surface area (TPSA) is 148 Å². The summed E-state index contributed by atoms with van der Waals surface area (Å²) in [6, 6.07) is 24.2. The number of aromatic amines is 1. The van der Waals surface area contributed by atoms with Crippen LogP contribution in [0.4, 0.5) is 0 Å². The van der Waals surface area contributed by atoms with Gasteiger partial charge in [0, 0.05) is 30.2 Å². The molecule has 0 radical (unpaired) electrons. The van der Waals surface area contributed by atoms with Crippen molar-refractivity contribution in [3.8, 4) is 5.75 Å². The monoisotopic (exact) mass is 540 g/mol. The van der Waals surface area contributed by atoms with Crippen LogP contribution in [0.1, 0.15) is 35.4 Å². The molecule has 208 valence electrons. The summed E-state index contributed by atoms with van der Waals surface area (Å²) in [4.78, 5) is 34.3. The molecule has 0 saturated carbocycles. The maximum Gasteiger partial charge on any atom is 0.242 e. The second-order valence-corrected chi connectivity index (χ2v) is 9.53. The Kier molecular flexibility index (Phi) is 9.77. The number of methoxy groups -OCH3 is 1. The number of ether oxygens (including phenoxy) is 1. The first-order valence-electron chi connectivity index (χ1n) is 13.3. The molecule has 1 aromatic heterocycles. The summed E-state index contributed by atoms with van der Waals surface area (Å²) in [6.45, 7) is 0.768. The van der Waals surface area contributed by atoms with Crippen molar-refractivity contribution in [2.45, 2.75) is 31.2 Å². The third kappa shape index (κ3) is 7.41. The number of amides is 2. The minimum absolute atomic E-state index is 0.00591. The van der Waals surface area contributed by atoms with Gasteiger partial charge in [-0.05, 0) is 54.2 Å². The van der Waals surface area contributed by atoms with Crippen LogP contribution in [-0.4, -0.2) is 49.0 Å². The molecule has 0 spiro atoms. The number of nitrogens with two attached hydrogens (primary N) is 2. The number of H-pyrrole nitrogens is 1. The lowest BCUT2D eigenvalue weighted by Gasteiger charge is -2.23. The molecule has 4 aromatic rings. The van der Waals surface area contributed by atoms with Gasteiger partial charge in [-0.25, -0.2) is 0 Å². The molecule has 1 heterocycles. The standard InChI is InChI=1S/C31H36N6O3/c1-40-24-14-15-26-25(19-24)23(20-36-26)16-18-34-29(38)27(13-8-17-35-31(32)33)37-30(39)28(21-9-4-2-5-10-21)22-11-6-3-7-12-22/h2-7,9-12,14-15,19-20,27-28,36H,8,13,16-18H2,1H3,(H,34,38)(H,37,39)(H4,32,33,35)/t27-/m0/s1. The van der Waals surface area contributed by atoms with E-state index in [4.69, 9.17) is 16.2 Å². The van der Waals surface area contributed by atoms with Gasteiger partial charge in [0.1, 0.15) is 11.8 Å². The first-order chi connectivity index (χ1) is 19.5. The number of fused-ring (bicyclic) bond motifs is 1. The largest absolute Gasteiger partial charge is 0.497 e. The number of aliphatic imine (C=N–C) groups is 1. The Morgan fingerprint density at radius 1 is 0.950 bits per heavy atom. The molecule has 40 heavy (non-hydrogen) atoms. The van der Waals surface area contributed by atoms with Crippen LogP contribution in [0.3, 0.4) is 0 Å². The average molecular weight is 541 g/mol. The lowest BCUT2D eigenvalue weighted by Crippen LogP contribution is -2.48. The van der Waals surface area contributed by atoms with Crippen molar-refractivity contribution < 1.29 is 14.3 Å². The molecule has 0 unspecified atom stereocenters. The van der Waals surface area contributed by atoms with Crippen molar-refractivity contribution in [1.29, 1.82) is 0 Å². The molecule has 0 aliphatic carbocycles. The fraction of sp³-hybridized carbons (Fsp3) is 0.258. The summed E-state index contributed by atoms with van der Waals surface area (Å²) in [5, 5.41) is 7.06. The molecular weight excluding hydrogens is 504 g/mol. The first-order valence-corrected chi connectivity index (χ1v) is 13.3. The Morgan fingerprint density at radius 3 is 2.25 bits per heavy atom. The number of rotatable bonds is 13. The van der Waals surface area contributed by atoms with Gasteiger partial charge in [0.25, 0.3) is 0 Å². The van der Waals surface area contributed by atoms with Gasteiger partial charge in [-0.2, -0.15) is 0 Å². The smallest absolute Gasteiger partial charge is 0.242 e. The number of guanidine groups is 1. The summed E-state index contributed by atoms with van der Waals surface area (Å²) in [5.41, 5.74) is 14.7. The highest BCUT2D eigenvalue weighted by molar-refractivity contribution is 5.92. The molecule has 4 rings (SSSR count). The molecule has 0 aliphatic rings. The summed E-state index contributed by atoms with van der Waals surface area (Å²) in [7, 11) is 1.63. The van der Waals surface area contributed by atoms with Gasteiger partial charge in [-0.3, -0.25) is 14.6 Å². The second kappa shape index (κ2) is 13.8. The molecule has 1 atom stereocenters.